The van der Waals surface area contributed by atoms with E-state index in [1.807, 2.05) is 0 Å². The van der Waals surface area contributed by atoms with Gasteiger partial charge in [0, 0.05) is 0 Å². The summed E-state index contributed by atoms with van der Waals surface area (Å²) in [7, 11) is -3.35. The molecule has 26 heavy (non-hydrogen) atoms. The standard InChI is InChI=1S/C17H26N2O6S/c1-6-26(23,24)13-9-7-12(8-10-13)14(11(2)18-15(20)21)19-16(22)25-17(3,4)5/h7-11,14,18H,6H2,1-5H3,(H,19,22)(H,20,21). The minimum absolute atomic E-state index is 0.0249. The monoisotopic (exact) mass is 386 g/mol. The Kier molecular flexibility index (Phi) is 7.02. The maximum absolute atomic E-state index is 12.1. The van der Waals surface area contributed by atoms with Gasteiger partial charge in [0.1, 0.15) is 5.60 Å². The van der Waals surface area contributed by atoms with E-state index in [9.17, 15) is 18.0 Å². The van der Waals surface area contributed by atoms with Crippen LogP contribution in [-0.4, -0.2) is 43.1 Å². The van der Waals surface area contributed by atoms with Crippen molar-refractivity contribution in [3.63, 3.8) is 0 Å². The second-order valence-electron chi connectivity index (χ2n) is 6.83. The van der Waals surface area contributed by atoms with Gasteiger partial charge in [0.15, 0.2) is 9.84 Å². The molecule has 0 aliphatic heterocycles. The largest absolute Gasteiger partial charge is 0.465 e. The summed E-state index contributed by atoms with van der Waals surface area (Å²) in [6.07, 6.45) is -1.94. The van der Waals surface area contributed by atoms with Gasteiger partial charge in [-0.05, 0) is 45.4 Å². The first-order valence-electron chi connectivity index (χ1n) is 8.17. The maximum atomic E-state index is 12.1. The molecular formula is C17H26N2O6S. The van der Waals surface area contributed by atoms with E-state index in [2.05, 4.69) is 10.6 Å². The third-order valence-electron chi connectivity index (χ3n) is 3.50. The molecule has 0 fully saturated rings. The third kappa shape index (κ3) is 6.55. The molecular weight excluding hydrogens is 360 g/mol. The topological polar surface area (TPSA) is 122 Å². The number of carboxylic acid groups (broad SMARTS) is 1. The van der Waals surface area contributed by atoms with Gasteiger partial charge in [-0.1, -0.05) is 19.1 Å². The normalized spacial score (nSPS) is 14.2. The van der Waals surface area contributed by atoms with Gasteiger partial charge in [0.05, 0.1) is 22.7 Å². The zero-order valence-electron chi connectivity index (χ0n) is 15.6. The number of sulfone groups is 1. The molecule has 0 aromatic heterocycles. The summed E-state index contributed by atoms with van der Waals surface area (Å²) >= 11 is 0. The summed E-state index contributed by atoms with van der Waals surface area (Å²) in [6.45, 7) is 8.28. The van der Waals surface area contributed by atoms with Crippen molar-refractivity contribution in [2.45, 2.75) is 57.2 Å². The number of ether oxygens (including phenoxy) is 1. The van der Waals surface area contributed by atoms with E-state index >= 15 is 0 Å². The molecule has 8 nitrogen and oxygen atoms in total. The van der Waals surface area contributed by atoms with Gasteiger partial charge in [-0.25, -0.2) is 18.0 Å². The molecule has 1 rings (SSSR count). The molecule has 0 saturated carbocycles. The molecule has 0 spiro atoms. The van der Waals surface area contributed by atoms with Gasteiger partial charge in [-0.15, -0.1) is 0 Å². The van der Waals surface area contributed by atoms with Crippen LogP contribution >= 0.6 is 0 Å². The zero-order chi connectivity index (χ0) is 20.1. The molecule has 0 radical (unpaired) electrons. The lowest BCUT2D eigenvalue weighted by Gasteiger charge is -2.27. The van der Waals surface area contributed by atoms with Gasteiger partial charge < -0.3 is 20.5 Å². The predicted molar refractivity (Wildman–Crippen MR) is 96.9 cm³/mol. The zero-order valence-corrected chi connectivity index (χ0v) is 16.4. The lowest BCUT2D eigenvalue weighted by molar-refractivity contribution is 0.0492. The fraction of sp³-hybridized carbons (Fsp3) is 0.529. The molecule has 0 aliphatic rings. The number of carbonyl (C=O) groups excluding carboxylic acids is 1. The van der Waals surface area contributed by atoms with Crippen molar-refractivity contribution in [3.05, 3.63) is 29.8 Å². The van der Waals surface area contributed by atoms with Crippen molar-refractivity contribution in [3.8, 4) is 0 Å². The minimum Gasteiger partial charge on any atom is -0.465 e. The van der Waals surface area contributed by atoms with Crippen LogP contribution in [0.15, 0.2) is 29.2 Å². The van der Waals surface area contributed by atoms with Crippen LogP contribution in [-0.2, 0) is 14.6 Å². The molecule has 146 valence electrons. The van der Waals surface area contributed by atoms with Crippen LogP contribution in [0.2, 0.25) is 0 Å². The van der Waals surface area contributed by atoms with Gasteiger partial charge in [-0.2, -0.15) is 0 Å². The van der Waals surface area contributed by atoms with Gasteiger partial charge >= 0.3 is 12.2 Å². The van der Waals surface area contributed by atoms with Crippen LogP contribution in [0.4, 0.5) is 9.59 Å². The highest BCUT2D eigenvalue weighted by Gasteiger charge is 2.26. The van der Waals surface area contributed by atoms with E-state index in [4.69, 9.17) is 9.84 Å². The number of rotatable bonds is 6. The van der Waals surface area contributed by atoms with Crippen molar-refractivity contribution in [1.29, 1.82) is 0 Å². The SMILES string of the molecule is CCS(=O)(=O)c1ccc(C(NC(=O)OC(C)(C)C)C(C)NC(=O)O)cc1. The van der Waals surface area contributed by atoms with Gasteiger partial charge in [-0.3, -0.25) is 0 Å². The molecule has 3 N–H and O–H groups in total. The number of nitrogens with one attached hydrogen (secondary N) is 2. The second kappa shape index (κ2) is 8.39. The molecule has 9 heteroatoms. The molecule has 0 bridgehead atoms. The van der Waals surface area contributed by atoms with Crippen molar-refractivity contribution < 1.29 is 27.9 Å². The Morgan fingerprint density at radius 1 is 1.15 bits per heavy atom. The van der Waals surface area contributed by atoms with Crippen LogP contribution in [0.25, 0.3) is 0 Å². The van der Waals surface area contributed by atoms with E-state index in [0.29, 0.717) is 5.56 Å². The van der Waals surface area contributed by atoms with Crippen LogP contribution in [0.1, 0.15) is 46.2 Å². The Hall–Kier alpha value is -2.29. The fourth-order valence-corrected chi connectivity index (χ4v) is 3.14. The summed E-state index contributed by atoms with van der Waals surface area (Å²) in [5.74, 6) is -0.0249. The number of benzene rings is 1. The Bertz CT molecular complexity index is 738. The van der Waals surface area contributed by atoms with Crippen LogP contribution < -0.4 is 10.6 Å². The highest BCUT2D eigenvalue weighted by Crippen LogP contribution is 2.21. The molecule has 2 atom stereocenters. The minimum atomic E-state index is -3.35. The predicted octanol–water partition coefficient (Wildman–Crippen LogP) is 2.70. The van der Waals surface area contributed by atoms with E-state index in [0.717, 1.165) is 0 Å². The first-order chi connectivity index (χ1) is 11.9. The van der Waals surface area contributed by atoms with Crippen LogP contribution in [0.3, 0.4) is 0 Å². The average molecular weight is 386 g/mol. The van der Waals surface area contributed by atoms with Crippen molar-refractivity contribution in [1.82, 2.24) is 10.6 Å². The molecule has 2 amide bonds. The van der Waals surface area contributed by atoms with Crippen LogP contribution in [0, 0.1) is 0 Å². The Morgan fingerprint density at radius 2 is 1.69 bits per heavy atom. The molecule has 0 saturated heterocycles. The number of carbonyl (C=O) groups is 2. The summed E-state index contributed by atoms with van der Waals surface area (Å²) in [5.41, 5.74) is -0.163. The second-order valence-corrected chi connectivity index (χ2v) is 9.11. The quantitative estimate of drug-likeness (QED) is 0.691. The highest BCUT2D eigenvalue weighted by atomic mass is 32.2. The van der Waals surface area contributed by atoms with Gasteiger partial charge in [0.2, 0.25) is 0 Å². The summed E-state index contributed by atoms with van der Waals surface area (Å²) in [4.78, 5) is 23.2. The van der Waals surface area contributed by atoms with Crippen LogP contribution in [0.5, 0.6) is 0 Å². The van der Waals surface area contributed by atoms with Crippen molar-refractivity contribution >= 4 is 22.0 Å². The fourth-order valence-electron chi connectivity index (χ4n) is 2.26. The Balaban J connectivity index is 3.12. The first-order valence-corrected chi connectivity index (χ1v) is 9.82. The van der Waals surface area contributed by atoms with Crippen molar-refractivity contribution in [2.75, 3.05) is 5.75 Å². The molecule has 0 heterocycles. The summed E-state index contributed by atoms with van der Waals surface area (Å²) in [6, 6.07) is 4.56. The molecule has 0 aliphatic carbocycles. The van der Waals surface area contributed by atoms with Crippen molar-refractivity contribution in [2.24, 2.45) is 0 Å². The van der Waals surface area contributed by atoms with E-state index in [1.54, 1.807) is 46.8 Å². The summed E-state index contributed by atoms with van der Waals surface area (Å²) < 4.78 is 29.1. The average Bonchev–Trinajstić information content (AvgIpc) is 2.50. The molecule has 2 unspecified atom stereocenters. The lowest BCUT2D eigenvalue weighted by Crippen LogP contribution is -2.45. The Labute approximate surface area is 153 Å². The lowest BCUT2D eigenvalue weighted by atomic mass is 10.0. The number of amides is 2. The smallest absolute Gasteiger partial charge is 0.408 e. The van der Waals surface area contributed by atoms with E-state index < -0.39 is 39.7 Å². The first kappa shape index (κ1) is 21.8. The maximum Gasteiger partial charge on any atom is 0.408 e. The van der Waals surface area contributed by atoms with Gasteiger partial charge in [0.25, 0.3) is 0 Å². The molecule has 1 aromatic rings. The Morgan fingerprint density at radius 3 is 2.12 bits per heavy atom. The van der Waals surface area contributed by atoms with E-state index in [-0.39, 0.29) is 10.6 Å². The number of alkyl carbamates (subject to hydrolysis) is 1. The molecule has 1 aromatic carbocycles. The number of hydrogen-bond donors (Lipinski definition) is 3. The third-order valence-corrected chi connectivity index (χ3v) is 5.25. The van der Waals surface area contributed by atoms with E-state index in [1.165, 1.54) is 12.1 Å². The number of hydrogen-bond acceptors (Lipinski definition) is 5. The summed E-state index contributed by atoms with van der Waals surface area (Å²) in [5, 5.41) is 13.9. The highest BCUT2D eigenvalue weighted by molar-refractivity contribution is 7.91.